The molecule has 2 aliphatic rings. The summed E-state index contributed by atoms with van der Waals surface area (Å²) in [5.74, 6) is 0. The van der Waals surface area contributed by atoms with Gasteiger partial charge in [-0.3, -0.25) is 9.36 Å². The standard InChI is InChI=1S/C27H47N3O9SSi2/c1-18-15-30(24(33)29(22(18)32)13-12-14-31)23-21(38-42(10,11)26(5,6)7)27(19(28)17-40(34,35)39-27)20(37-23)16-36-41(8,9)25(2,3)4/h12-13,15,17,20-21,23,31H,14,16,28H2,1-11H3/b13-12+/t20-,21+,23-,27-/m1/s1. The Morgan fingerprint density at radius 1 is 1.10 bits per heavy atom. The minimum atomic E-state index is -4.23. The monoisotopic (exact) mass is 645 g/mol. The van der Waals surface area contributed by atoms with Gasteiger partial charge in [0.1, 0.15) is 12.2 Å². The van der Waals surface area contributed by atoms with Crippen molar-refractivity contribution in [2.75, 3.05) is 13.2 Å². The van der Waals surface area contributed by atoms with Gasteiger partial charge in [0.05, 0.1) is 24.3 Å². The SMILES string of the molecule is Cc1cn([C@@H]2O[C@H](CO[Si](C)(C)C(C)(C)C)[C@@]3(OS(=O)(=O)C=C3N)[C@H]2O[Si](C)(C)C(C)(C)C)c(=O)n(/C=C/CO)c1=O. The third kappa shape index (κ3) is 6.20. The molecule has 0 amide bonds. The maximum Gasteiger partial charge on any atom is 0.337 e. The van der Waals surface area contributed by atoms with Crippen molar-refractivity contribution in [2.24, 2.45) is 5.73 Å². The van der Waals surface area contributed by atoms with Crippen molar-refractivity contribution >= 4 is 33.0 Å². The molecule has 1 aromatic heterocycles. The van der Waals surface area contributed by atoms with E-state index in [4.69, 9.17) is 23.5 Å². The summed E-state index contributed by atoms with van der Waals surface area (Å²) in [7, 11) is -9.32. The summed E-state index contributed by atoms with van der Waals surface area (Å²) >= 11 is 0. The second-order valence-corrected chi connectivity index (χ2v) is 25.0. The quantitative estimate of drug-likeness (QED) is 0.318. The van der Waals surface area contributed by atoms with E-state index in [1.807, 2.05) is 33.9 Å². The second-order valence-electron chi connectivity index (χ2n) is 14.1. The third-order valence-corrected chi connectivity index (χ3v) is 19.0. The van der Waals surface area contributed by atoms with E-state index >= 15 is 0 Å². The Hall–Kier alpha value is -1.86. The molecule has 1 spiro atoms. The number of hydrogen-bond acceptors (Lipinski definition) is 10. The minimum absolute atomic E-state index is 0.0772. The molecule has 4 atom stereocenters. The van der Waals surface area contributed by atoms with Crippen molar-refractivity contribution in [3.8, 4) is 0 Å². The second kappa shape index (κ2) is 11.3. The van der Waals surface area contributed by atoms with E-state index in [9.17, 15) is 23.1 Å². The summed E-state index contributed by atoms with van der Waals surface area (Å²) in [6, 6.07) is 0. The van der Waals surface area contributed by atoms with Gasteiger partial charge < -0.3 is 24.4 Å². The maximum atomic E-state index is 13.7. The molecule has 0 aromatic carbocycles. The molecule has 0 radical (unpaired) electrons. The summed E-state index contributed by atoms with van der Waals surface area (Å²) < 4.78 is 53.6. The fourth-order valence-corrected chi connectivity index (χ4v) is 7.91. The van der Waals surface area contributed by atoms with Crippen LogP contribution in [-0.2, 0) is 27.9 Å². The first-order chi connectivity index (χ1) is 18.9. The molecule has 42 heavy (non-hydrogen) atoms. The van der Waals surface area contributed by atoms with Gasteiger partial charge in [-0.1, -0.05) is 41.5 Å². The first kappa shape index (κ1) is 34.6. The Kier molecular flexibility index (Phi) is 9.28. The molecular formula is C27H47N3O9SSi2. The van der Waals surface area contributed by atoms with Crippen LogP contribution < -0.4 is 17.0 Å². The largest absolute Gasteiger partial charge is 0.414 e. The van der Waals surface area contributed by atoms with Crippen LogP contribution in [0.2, 0.25) is 36.3 Å². The first-order valence-electron chi connectivity index (χ1n) is 13.9. The van der Waals surface area contributed by atoms with E-state index in [-0.39, 0.29) is 34.6 Å². The molecule has 1 aromatic rings. The van der Waals surface area contributed by atoms with Crippen molar-refractivity contribution in [1.82, 2.24) is 9.13 Å². The van der Waals surface area contributed by atoms with Crippen LogP contribution >= 0.6 is 0 Å². The van der Waals surface area contributed by atoms with Gasteiger partial charge in [-0.2, -0.15) is 8.42 Å². The summed E-state index contributed by atoms with van der Waals surface area (Å²) in [5.41, 5.74) is 3.41. The Morgan fingerprint density at radius 3 is 2.14 bits per heavy atom. The van der Waals surface area contributed by atoms with Crippen molar-refractivity contribution in [3.05, 3.63) is 49.8 Å². The van der Waals surface area contributed by atoms with Gasteiger partial charge >= 0.3 is 5.69 Å². The highest BCUT2D eigenvalue weighted by Gasteiger charge is 2.67. The smallest absolute Gasteiger partial charge is 0.337 e. The Labute approximate surface area is 250 Å². The summed E-state index contributed by atoms with van der Waals surface area (Å²) in [6.07, 6.45) is 0.273. The van der Waals surface area contributed by atoms with Crippen molar-refractivity contribution in [1.29, 1.82) is 0 Å². The molecule has 3 rings (SSSR count). The highest BCUT2D eigenvalue weighted by Crippen LogP contribution is 2.52. The summed E-state index contributed by atoms with van der Waals surface area (Å²) in [4.78, 5) is 26.6. The lowest BCUT2D eigenvalue weighted by Crippen LogP contribution is -2.59. The van der Waals surface area contributed by atoms with E-state index in [2.05, 4.69) is 33.9 Å². The molecule has 0 unspecified atom stereocenters. The lowest BCUT2D eigenvalue weighted by Gasteiger charge is -2.43. The van der Waals surface area contributed by atoms with Crippen molar-refractivity contribution in [3.63, 3.8) is 0 Å². The number of aromatic nitrogens is 2. The highest BCUT2D eigenvalue weighted by atomic mass is 32.2. The van der Waals surface area contributed by atoms with Crippen LogP contribution in [0.25, 0.3) is 6.20 Å². The van der Waals surface area contributed by atoms with E-state index in [0.717, 1.165) is 9.98 Å². The fourth-order valence-electron chi connectivity index (χ4n) is 4.40. The van der Waals surface area contributed by atoms with Crippen molar-refractivity contribution < 1.29 is 31.3 Å². The van der Waals surface area contributed by atoms with Gasteiger partial charge in [-0.05, 0) is 49.3 Å². The molecule has 0 bridgehead atoms. The number of aliphatic hydroxyl groups is 1. The van der Waals surface area contributed by atoms with E-state index < -0.39 is 62.0 Å². The van der Waals surface area contributed by atoms with E-state index in [0.29, 0.717) is 0 Å². The van der Waals surface area contributed by atoms with Crippen LogP contribution in [0.1, 0.15) is 53.3 Å². The fraction of sp³-hybridized carbons (Fsp3) is 0.704. The molecule has 238 valence electrons. The van der Waals surface area contributed by atoms with Crippen LogP contribution in [-0.4, -0.2) is 70.3 Å². The number of rotatable bonds is 8. The predicted octanol–water partition coefficient (Wildman–Crippen LogP) is 2.99. The molecular weight excluding hydrogens is 599 g/mol. The van der Waals surface area contributed by atoms with Gasteiger partial charge in [0.15, 0.2) is 28.5 Å². The normalized spacial score (nSPS) is 26.9. The van der Waals surface area contributed by atoms with Gasteiger partial charge in [0.2, 0.25) is 0 Å². The van der Waals surface area contributed by atoms with Gasteiger partial charge in [0.25, 0.3) is 15.7 Å². The lowest BCUT2D eigenvalue weighted by atomic mass is 9.89. The summed E-state index contributed by atoms with van der Waals surface area (Å²) in [6.45, 7) is 21.5. The molecule has 0 saturated carbocycles. The Morgan fingerprint density at radius 2 is 1.67 bits per heavy atom. The molecule has 3 N–H and O–H groups in total. The molecule has 2 aliphatic heterocycles. The number of nitrogens with zero attached hydrogens (tertiary/aromatic N) is 2. The minimum Gasteiger partial charge on any atom is -0.414 e. The zero-order chi connectivity index (χ0) is 32.3. The molecule has 3 heterocycles. The topological polar surface area (TPSA) is 161 Å². The molecule has 1 saturated heterocycles. The highest BCUT2D eigenvalue weighted by molar-refractivity contribution is 7.90. The van der Waals surface area contributed by atoms with Gasteiger partial charge in [0, 0.05) is 18.0 Å². The molecule has 1 fully saturated rings. The Bertz CT molecular complexity index is 1480. The van der Waals surface area contributed by atoms with Crippen LogP contribution in [0.15, 0.2) is 33.0 Å². The number of ether oxygens (including phenoxy) is 1. The number of hydrogen-bond donors (Lipinski definition) is 2. The summed E-state index contributed by atoms with van der Waals surface area (Å²) in [5, 5.41) is 9.65. The van der Waals surface area contributed by atoms with E-state index in [1.165, 1.54) is 23.0 Å². The van der Waals surface area contributed by atoms with Crippen LogP contribution in [0.5, 0.6) is 0 Å². The predicted molar refractivity (Wildman–Crippen MR) is 166 cm³/mol. The number of aryl methyl sites for hydroxylation is 1. The van der Waals surface area contributed by atoms with E-state index in [1.54, 1.807) is 6.92 Å². The zero-order valence-corrected chi connectivity index (χ0v) is 29.4. The molecule has 12 nitrogen and oxygen atoms in total. The molecule has 0 aliphatic carbocycles. The number of aliphatic hydroxyl groups excluding tert-OH is 1. The molecule has 15 heteroatoms. The average Bonchev–Trinajstić information content (AvgIpc) is 3.25. The third-order valence-electron chi connectivity index (χ3n) is 9.02. The lowest BCUT2D eigenvalue weighted by molar-refractivity contribution is -0.0565. The van der Waals surface area contributed by atoms with Crippen molar-refractivity contribution in [2.45, 2.75) is 109 Å². The van der Waals surface area contributed by atoms with Gasteiger partial charge in [-0.15, -0.1) is 0 Å². The zero-order valence-electron chi connectivity index (χ0n) is 26.5. The van der Waals surface area contributed by atoms with Crippen LogP contribution in [0.3, 0.4) is 0 Å². The average molecular weight is 646 g/mol. The van der Waals surface area contributed by atoms with Crippen LogP contribution in [0, 0.1) is 6.92 Å². The Balaban J connectivity index is 2.31. The number of nitrogens with two attached hydrogens (primary N) is 1. The van der Waals surface area contributed by atoms with Crippen LogP contribution in [0.4, 0.5) is 0 Å². The maximum absolute atomic E-state index is 13.7. The first-order valence-corrected chi connectivity index (χ1v) is 21.2. The van der Waals surface area contributed by atoms with Gasteiger partial charge in [-0.25, -0.2) is 13.5 Å².